The van der Waals surface area contributed by atoms with Crippen molar-refractivity contribution < 1.29 is 4.79 Å². The summed E-state index contributed by atoms with van der Waals surface area (Å²) < 4.78 is 0. The first-order valence-corrected chi connectivity index (χ1v) is 6.95. The summed E-state index contributed by atoms with van der Waals surface area (Å²) in [5.41, 5.74) is 2.64. The lowest BCUT2D eigenvalue weighted by Gasteiger charge is -2.18. The first-order chi connectivity index (χ1) is 8.74. The van der Waals surface area contributed by atoms with E-state index in [0.29, 0.717) is 10.9 Å². The maximum Gasteiger partial charge on any atom is 0.256 e. The van der Waals surface area contributed by atoms with Crippen molar-refractivity contribution in [3.8, 4) is 0 Å². The molecule has 1 aliphatic heterocycles. The Morgan fingerprint density at radius 2 is 2.00 bits per heavy atom. The van der Waals surface area contributed by atoms with E-state index >= 15 is 0 Å². The van der Waals surface area contributed by atoms with E-state index in [1.54, 1.807) is 0 Å². The molecule has 1 aromatic carbocycles. The number of hydrogen-bond acceptors (Lipinski definition) is 1. The van der Waals surface area contributed by atoms with Gasteiger partial charge < -0.3 is 5.32 Å². The van der Waals surface area contributed by atoms with E-state index in [4.69, 9.17) is 11.6 Å². The van der Waals surface area contributed by atoms with Crippen LogP contribution in [0.2, 0.25) is 5.02 Å². The highest BCUT2D eigenvalue weighted by Crippen LogP contribution is 2.36. The number of hydrogen-bond donors (Lipinski definition) is 1. The number of allylic oxidation sites excluding steroid dienone is 1. The molecule has 94 valence electrons. The van der Waals surface area contributed by atoms with E-state index in [2.05, 4.69) is 11.4 Å². The molecule has 0 radical (unpaired) electrons. The normalized spacial score (nSPS) is 22.1. The highest BCUT2D eigenvalue weighted by atomic mass is 35.5. The number of benzene rings is 1. The average Bonchev–Trinajstić information content (AvgIpc) is 2.67. The highest BCUT2D eigenvalue weighted by Gasteiger charge is 2.25. The second-order valence-corrected chi connectivity index (χ2v) is 5.56. The molecular weight excluding hydrogens is 246 g/mol. The Morgan fingerprint density at radius 3 is 2.78 bits per heavy atom. The quantitative estimate of drug-likeness (QED) is 0.752. The molecule has 2 nitrogen and oxygen atoms in total. The van der Waals surface area contributed by atoms with Crippen LogP contribution in [0.15, 0.2) is 24.3 Å². The Labute approximate surface area is 112 Å². The number of carbonyl (C=O) groups excluding carboxylic acids is 1. The average molecular weight is 262 g/mol. The molecule has 0 spiro atoms. The lowest BCUT2D eigenvalue weighted by molar-refractivity contribution is -0.110. The number of rotatable bonds is 1. The van der Waals surface area contributed by atoms with Crippen LogP contribution < -0.4 is 5.32 Å². The van der Waals surface area contributed by atoms with Crippen LogP contribution in [-0.4, -0.2) is 5.91 Å². The van der Waals surface area contributed by atoms with Crippen LogP contribution >= 0.6 is 11.6 Å². The minimum Gasteiger partial charge on any atom is -0.321 e. The zero-order chi connectivity index (χ0) is 12.5. The van der Waals surface area contributed by atoms with Gasteiger partial charge in [0.2, 0.25) is 0 Å². The van der Waals surface area contributed by atoms with Crippen LogP contribution in [0.4, 0.5) is 5.69 Å². The van der Waals surface area contributed by atoms with Gasteiger partial charge in [-0.3, -0.25) is 4.79 Å². The number of amides is 1. The summed E-state index contributed by atoms with van der Waals surface area (Å²) >= 11 is 6.01. The third kappa shape index (κ3) is 2.17. The molecule has 1 amide bonds. The van der Waals surface area contributed by atoms with Crippen molar-refractivity contribution in [2.24, 2.45) is 5.92 Å². The molecule has 0 aromatic heterocycles. The Hall–Kier alpha value is -1.28. The highest BCUT2D eigenvalue weighted by molar-refractivity contribution is 6.34. The Bertz CT molecular complexity index is 515. The van der Waals surface area contributed by atoms with Crippen LogP contribution in [-0.2, 0) is 4.79 Å². The summed E-state index contributed by atoms with van der Waals surface area (Å²) in [4.78, 5) is 12.0. The summed E-state index contributed by atoms with van der Waals surface area (Å²) in [6, 6.07) is 5.56. The predicted octanol–water partition coefficient (Wildman–Crippen LogP) is 4.26. The van der Waals surface area contributed by atoms with Gasteiger partial charge in [0.15, 0.2) is 0 Å². The monoisotopic (exact) mass is 261 g/mol. The van der Waals surface area contributed by atoms with Crippen molar-refractivity contribution in [2.45, 2.75) is 32.1 Å². The maximum absolute atomic E-state index is 12.0. The fourth-order valence-corrected chi connectivity index (χ4v) is 3.03. The molecule has 0 unspecified atom stereocenters. The summed E-state index contributed by atoms with van der Waals surface area (Å²) in [7, 11) is 0. The molecule has 1 heterocycles. The molecule has 1 aromatic rings. The molecule has 2 aliphatic rings. The van der Waals surface area contributed by atoms with Crippen LogP contribution in [0.5, 0.6) is 0 Å². The topological polar surface area (TPSA) is 29.1 Å². The summed E-state index contributed by atoms with van der Waals surface area (Å²) in [5.74, 6) is 0.558. The zero-order valence-electron chi connectivity index (χ0n) is 10.2. The largest absolute Gasteiger partial charge is 0.321 e. The van der Waals surface area contributed by atoms with Crippen LogP contribution in [0.3, 0.4) is 0 Å². The number of carbonyl (C=O) groups is 1. The van der Waals surface area contributed by atoms with Gasteiger partial charge in [-0.1, -0.05) is 36.9 Å². The van der Waals surface area contributed by atoms with E-state index in [9.17, 15) is 4.79 Å². The van der Waals surface area contributed by atoms with Crippen molar-refractivity contribution in [1.82, 2.24) is 0 Å². The van der Waals surface area contributed by atoms with Crippen molar-refractivity contribution in [3.63, 3.8) is 0 Å². The molecular formula is C15H16ClNO. The summed E-state index contributed by atoms with van der Waals surface area (Å²) in [6.07, 6.45) is 8.43. The van der Waals surface area contributed by atoms with Crippen LogP contribution in [0.1, 0.15) is 37.7 Å². The molecule has 18 heavy (non-hydrogen) atoms. The first-order valence-electron chi connectivity index (χ1n) is 6.57. The first kappa shape index (κ1) is 11.8. The van der Waals surface area contributed by atoms with Crippen LogP contribution in [0.25, 0.3) is 5.57 Å². The van der Waals surface area contributed by atoms with E-state index in [1.807, 2.05) is 18.2 Å². The number of anilines is 1. The number of nitrogens with one attached hydrogen (secondary N) is 1. The second kappa shape index (κ2) is 4.77. The Kier molecular flexibility index (Phi) is 3.13. The minimum absolute atomic E-state index is 0.0119. The Morgan fingerprint density at radius 1 is 1.22 bits per heavy atom. The van der Waals surface area contributed by atoms with Crippen molar-refractivity contribution in [2.75, 3.05) is 5.32 Å². The van der Waals surface area contributed by atoms with E-state index in [0.717, 1.165) is 16.8 Å². The van der Waals surface area contributed by atoms with E-state index in [1.165, 1.54) is 32.1 Å². The lowest BCUT2D eigenvalue weighted by Crippen LogP contribution is -2.08. The molecule has 1 fully saturated rings. The van der Waals surface area contributed by atoms with Gasteiger partial charge in [0, 0.05) is 21.8 Å². The van der Waals surface area contributed by atoms with Gasteiger partial charge in [0.1, 0.15) is 0 Å². The molecule has 3 rings (SSSR count). The van der Waals surface area contributed by atoms with Crippen LogP contribution in [0, 0.1) is 5.92 Å². The molecule has 1 aliphatic carbocycles. The molecule has 0 bridgehead atoms. The van der Waals surface area contributed by atoms with Crippen molar-refractivity contribution in [3.05, 3.63) is 34.9 Å². The standard InChI is InChI=1S/C15H16ClNO/c16-11-6-7-14-12(9-11)13(15(18)17-14)8-10-4-2-1-3-5-10/h6-10H,1-5H2,(H,17,18)/b13-8-. The van der Waals surface area contributed by atoms with Gasteiger partial charge in [-0.05, 0) is 37.0 Å². The van der Waals surface area contributed by atoms with E-state index < -0.39 is 0 Å². The van der Waals surface area contributed by atoms with Crippen molar-refractivity contribution >= 4 is 28.8 Å². The predicted molar refractivity (Wildman–Crippen MR) is 74.6 cm³/mol. The molecule has 0 saturated heterocycles. The molecule has 1 N–H and O–H groups in total. The summed E-state index contributed by atoms with van der Waals surface area (Å²) in [6.45, 7) is 0. The SMILES string of the molecule is O=C1Nc2ccc(Cl)cc2/C1=C/C1CCCCC1. The lowest BCUT2D eigenvalue weighted by atomic mass is 9.87. The van der Waals surface area contributed by atoms with Gasteiger partial charge in [-0.15, -0.1) is 0 Å². The minimum atomic E-state index is 0.0119. The molecule has 1 saturated carbocycles. The zero-order valence-corrected chi connectivity index (χ0v) is 11.0. The fraction of sp³-hybridized carbons (Fsp3) is 0.400. The third-order valence-electron chi connectivity index (χ3n) is 3.82. The van der Waals surface area contributed by atoms with Gasteiger partial charge in [0.25, 0.3) is 5.91 Å². The smallest absolute Gasteiger partial charge is 0.256 e. The molecule has 3 heteroatoms. The van der Waals surface area contributed by atoms with Gasteiger partial charge in [0.05, 0.1) is 0 Å². The fourth-order valence-electron chi connectivity index (χ4n) is 2.86. The van der Waals surface area contributed by atoms with Crippen molar-refractivity contribution in [1.29, 1.82) is 0 Å². The Balaban J connectivity index is 1.95. The third-order valence-corrected chi connectivity index (χ3v) is 4.05. The maximum atomic E-state index is 12.0. The number of fused-ring (bicyclic) bond motifs is 1. The summed E-state index contributed by atoms with van der Waals surface area (Å²) in [5, 5.41) is 3.58. The second-order valence-electron chi connectivity index (χ2n) is 5.12. The number of halogens is 1. The molecule has 0 atom stereocenters. The van der Waals surface area contributed by atoms with E-state index in [-0.39, 0.29) is 5.91 Å². The van der Waals surface area contributed by atoms with Gasteiger partial charge in [-0.2, -0.15) is 0 Å². The van der Waals surface area contributed by atoms with Gasteiger partial charge >= 0.3 is 0 Å². The van der Waals surface area contributed by atoms with Gasteiger partial charge in [-0.25, -0.2) is 0 Å².